The van der Waals surface area contributed by atoms with Crippen molar-refractivity contribution in [1.29, 1.82) is 0 Å². The Labute approximate surface area is 178 Å². The monoisotopic (exact) mass is 405 g/mol. The van der Waals surface area contributed by atoms with Gasteiger partial charge in [-0.25, -0.2) is 9.98 Å². The summed E-state index contributed by atoms with van der Waals surface area (Å²) in [5.41, 5.74) is 3.21. The average Bonchev–Trinajstić information content (AvgIpc) is 2.78. The molecule has 1 aromatic heterocycles. The van der Waals surface area contributed by atoms with Crippen molar-refractivity contribution in [2.75, 3.05) is 38.7 Å². The maximum atomic E-state index is 9.82. The lowest BCUT2D eigenvalue weighted by atomic mass is 10.0. The van der Waals surface area contributed by atoms with Crippen LogP contribution in [0.25, 0.3) is 10.9 Å². The largest absolute Gasteiger partial charge is 0.396 e. The smallest absolute Gasteiger partial charge is 0.191 e. The summed E-state index contributed by atoms with van der Waals surface area (Å²) in [6.07, 6.45) is 0. The van der Waals surface area contributed by atoms with Crippen LogP contribution in [0.3, 0.4) is 0 Å². The minimum atomic E-state index is 0.0113. The molecule has 3 aromatic rings. The van der Waals surface area contributed by atoms with Crippen LogP contribution in [0, 0.1) is 0 Å². The van der Waals surface area contributed by atoms with Crippen molar-refractivity contribution in [2.45, 2.75) is 19.4 Å². The van der Waals surface area contributed by atoms with Crippen molar-refractivity contribution in [1.82, 2.24) is 15.6 Å². The predicted octanol–water partition coefficient (Wildman–Crippen LogP) is 3.13. The number of nitrogens with zero attached hydrogens (tertiary/aromatic N) is 3. The van der Waals surface area contributed by atoms with Gasteiger partial charge >= 0.3 is 0 Å². The number of fused-ring (bicyclic) bond motifs is 1. The Morgan fingerprint density at radius 1 is 1.07 bits per heavy atom. The van der Waals surface area contributed by atoms with Crippen molar-refractivity contribution in [3.63, 3.8) is 0 Å². The maximum absolute atomic E-state index is 9.82. The Balaban J connectivity index is 1.79. The molecule has 0 saturated heterocycles. The molecule has 0 bridgehead atoms. The fraction of sp³-hybridized carbons (Fsp3) is 0.333. The van der Waals surface area contributed by atoms with Gasteiger partial charge < -0.3 is 20.6 Å². The lowest BCUT2D eigenvalue weighted by Crippen LogP contribution is -2.39. The standard InChI is InChI=1S/C24H31N5O/c1-4-25-24(27-16-20(17-30)18-10-6-5-7-11-18)26-15-19-14-23(29(2)3)28-22-13-9-8-12-21(19)22/h5-14,20,30H,4,15-17H2,1-3H3,(H2,25,26,27). The topological polar surface area (TPSA) is 72.8 Å². The number of pyridine rings is 1. The van der Waals surface area contributed by atoms with Gasteiger partial charge in [0.05, 0.1) is 18.7 Å². The van der Waals surface area contributed by atoms with Crippen LogP contribution in [0.2, 0.25) is 0 Å². The Morgan fingerprint density at radius 3 is 2.50 bits per heavy atom. The van der Waals surface area contributed by atoms with Crippen molar-refractivity contribution in [3.05, 3.63) is 71.8 Å². The molecule has 2 aromatic carbocycles. The highest BCUT2D eigenvalue weighted by atomic mass is 16.3. The molecule has 1 atom stereocenters. The number of rotatable bonds is 8. The van der Waals surface area contributed by atoms with Gasteiger partial charge in [-0.05, 0) is 30.2 Å². The van der Waals surface area contributed by atoms with E-state index in [4.69, 9.17) is 9.98 Å². The number of benzene rings is 2. The SMILES string of the molecule is CCNC(=NCc1cc(N(C)C)nc2ccccc12)NCC(CO)c1ccccc1. The van der Waals surface area contributed by atoms with Crippen LogP contribution in [0.1, 0.15) is 24.0 Å². The molecule has 0 fully saturated rings. The summed E-state index contributed by atoms with van der Waals surface area (Å²) in [5.74, 6) is 1.66. The van der Waals surface area contributed by atoms with Crippen LogP contribution < -0.4 is 15.5 Å². The molecule has 6 nitrogen and oxygen atoms in total. The molecular formula is C24H31N5O. The zero-order valence-electron chi connectivity index (χ0n) is 18.0. The van der Waals surface area contributed by atoms with Crippen molar-refractivity contribution >= 4 is 22.7 Å². The molecule has 0 aliphatic carbocycles. The average molecular weight is 406 g/mol. The zero-order valence-corrected chi connectivity index (χ0v) is 18.0. The van der Waals surface area contributed by atoms with Gasteiger partial charge in [0.15, 0.2) is 5.96 Å². The molecule has 0 radical (unpaired) electrons. The van der Waals surface area contributed by atoms with Crippen LogP contribution in [-0.4, -0.2) is 49.8 Å². The molecule has 30 heavy (non-hydrogen) atoms. The summed E-state index contributed by atoms with van der Waals surface area (Å²) in [6, 6.07) is 20.3. The third kappa shape index (κ3) is 5.48. The van der Waals surface area contributed by atoms with Gasteiger partial charge in [0.1, 0.15) is 5.82 Å². The fourth-order valence-corrected chi connectivity index (χ4v) is 3.33. The molecule has 3 rings (SSSR count). The first-order valence-corrected chi connectivity index (χ1v) is 10.4. The summed E-state index contributed by atoms with van der Waals surface area (Å²) in [4.78, 5) is 11.5. The van der Waals surface area contributed by atoms with Crippen LogP contribution in [0.4, 0.5) is 5.82 Å². The molecule has 0 aliphatic rings. The van der Waals surface area contributed by atoms with E-state index in [-0.39, 0.29) is 12.5 Å². The number of hydrogen-bond acceptors (Lipinski definition) is 4. The van der Waals surface area contributed by atoms with E-state index in [0.29, 0.717) is 13.1 Å². The maximum Gasteiger partial charge on any atom is 0.191 e. The molecule has 158 valence electrons. The number of aliphatic imine (C=N–C) groups is 1. The van der Waals surface area contributed by atoms with E-state index < -0.39 is 0 Å². The highest BCUT2D eigenvalue weighted by Gasteiger charge is 2.11. The van der Waals surface area contributed by atoms with Gasteiger partial charge in [0.2, 0.25) is 0 Å². The molecule has 6 heteroatoms. The summed E-state index contributed by atoms with van der Waals surface area (Å²) < 4.78 is 0. The van der Waals surface area contributed by atoms with Crippen LogP contribution >= 0.6 is 0 Å². The Kier molecular flexibility index (Phi) is 7.63. The highest BCUT2D eigenvalue weighted by molar-refractivity contribution is 5.85. The van der Waals surface area contributed by atoms with Gasteiger partial charge in [-0.1, -0.05) is 48.5 Å². The first-order chi connectivity index (χ1) is 14.6. The number of anilines is 1. The minimum Gasteiger partial charge on any atom is -0.396 e. The van der Waals surface area contributed by atoms with E-state index in [2.05, 4.69) is 22.8 Å². The number of aromatic nitrogens is 1. The van der Waals surface area contributed by atoms with Gasteiger partial charge in [-0.15, -0.1) is 0 Å². The Morgan fingerprint density at radius 2 is 1.80 bits per heavy atom. The summed E-state index contributed by atoms with van der Waals surface area (Å²) in [5, 5.41) is 17.6. The second-order valence-electron chi connectivity index (χ2n) is 7.42. The molecule has 3 N–H and O–H groups in total. The molecular weight excluding hydrogens is 374 g/mol. The molecule has 1 unspecified atom stereocenters. The van der Waals surface area contributed by atoms with E-state index in [1.807, 2.05) is 74.4 Å². The van der Waals surface area contributed by atoms with Gasteiger partial charge in [-0.3, -0.25) is 0 Å². The van der Waals surface area contributed by atoms with Crippen LogP contribution in [0.15, 0.2) is 65.7 Å². The number of aliphatic hydroxyl groups excluding tert-OH is 1. The fourth-order valence-electron chi connectivity index (χ4n) is 3.33. The summed E-state index contributed by atoms with van der Waals surface area (Å²) >= 11 is 0. The van der Waals surface area contributed by atoms with Crippen molar-refractivity contribution in [2.24, 2.45) is 4.99 Å². The lowest BCUT2D eigenvalue weighted by Gasteiger charge is -2.18. The normalized spacial score (nSPS) is 12.6. The first-order valence-electron chi connectivity index (χ1n) is 10.4. The highest BCUT2D eigenvalue weighted by Crippen LogP contribution is 2.22. The summed E-state index contributed by atoms with van der Waals surface area (Å²) in [7, 11) is 3.99. The van der Waals surface area contributed by atoms with Gasteiger partial charge in [0.25, 0.3) is 0 Å². The molecule has 1 heterocycles. The molecule has 0 saturated carbocycles. The number of nitrogens with one attached hydrogen (secondary N) is 2. The first kappa shape index (κ1) is 21.6. The second-order valence-corrected chi connectivity index (χ2v) is 7.42. The second kappa shape index (κ2) is 10.6. The molecule has 0 amide bonds. The number of aliphatic hydroxyl groups is 1. The Bertz CT molecular complexity index is 972. The van der Waals surface area contributed by atoms with E-state index in [1.54, 1.807) is 0 Å². The summed E-state index contributed by atoms with van der Waals surface area (Å²) in [6.45, 7) is 4.03. The van der Waals surface area contributed by atoms with Gasteiger partial charge in [-0.2, -0.15) is 0 Å². The van der Waals surface area contributed by atoms with E-state index in [0.717, 1.165) is 40.4 Å². The molecule has 0 spiro atoms. The van der Waals surface area contributed by atoms with Crippen LogP contribution in [0.5, 0.6) is 0 Å². The third-order valence-electron chi connectivity index (χ3n) is 5.01. The van der Waals surface area contributed by atoms with Crippen molar-refractivity contribution in [3.8, 4) is 0 Å². The van der Waals surface area contributed by atoms with E-state index in [1.165, 1.54) is 0 Å². The van der Waals surface area contributed by atoms with Gasteiger partial charge in [0, 0.05) is 38.5 Å². The number of guanidine groups is 1. The lowest BCUT2D eigenvalue weighted by molar-refractivity contribution is 0.265. The van der Waals surface area contributed by atoms with Crippen LogP contribution in [-0.2, 0) is 6.54 Å². The third-order valence-corrected chi connectivity index (χ3v) is 5.01. The Hall–Kier alpha value is -3.12. The minimum absolute atomic E-state index is 0.0113. The van der Waals surface area contributed by atoms with Crippen molar-refractivity contribution < 1.29 is 5.11 Å². The van der Waals surface area contributed by atoms with E-state index in [9.17, 15) is 5.11 Å². The number of hydrogen-bond donors (Lipinski definition) is 3. The molecule has 0 aliphatic heterocycles. The predicted molar refractivity (Wildman–Crippen MR) is 125 cm³/mol. The quantitative estimate of drug-likeness (QED) is 0.397. The zero-order chi connectivity index (χ0) is 21.3. The number of para-hydroxylation sites is 1. The van der Waals surface area contributed by atoms with E-state index >= 15 is 0 Å².